The van der Waals surface area contributed by atoms with Crippen molar-refractivity contribution in [2.45, 2.75) is 26.2 Å². The Balaban J connectivity index is 1.52. The summed E-state index contributed by atoms with van der Waals surface area (Å²) < 4.78 is 18.7. The molecule has 1 aromatic heterocycles. The number of halogens is 1. The predicted molar refractivity (Wildman–Crippen MR) is 132 cm³/mol. The largest absolute Gasteiger partial charge is 0.338 e. The predicted octanol–water partition coefficient (Wildman–Crippen LogP) is 5.23. The molecule has 0 saturated carbocycles. The van der Waals surface area contributed by atoms with Crippen LogP contribution in [0, 0.1) is 5.82 Å². The molecule has 2 aromatic carbocycles. The average molecular weight is 479 g/mol. The highest BCUT2D eigenvalue weighted by Crippen LogP contribution is 2.30. The van der Waals surface area contributed by atoms with Crippen molar-refractivity contribution in [3.8, 4) is 0 Å². The molecule has 0 spiro atoms. The number of hydrogen-bond donors (Lipinski definition) is 1. The zero-order valence-corrected chi connectivity index (χ0v) is 19.7. The summed E-state index contributed by atoms with van der Waals surface area (Å²) in [7, 11) is 0. The maximum atomic E-state index is 13.5. The van der Waals surface area contributed by atoms with Gasteiger partial charge in [-0.3, -0.25) is 19.8 Å². The van der Waals surface area contributed by atoms with E-state index in [1.807, 2.05) is 51.1 Å². The van der Waals surface area contributed by atoms with Crippen LogP contribution in [0.4, 0.5) is 16.0 Å². The van der Waals surface area contributed by atoms with Gasteiger partial charge in [-0.25, -0.2) is 9.38 Å². The molecule has 7 nitrogen and oxygen atoms in total. The number of benzene rings is 2. The standard InChI is InChI=1S/C25H23FN4O3S/c1-25(2,3)20-14-22(33-29-20)28-21(31)15-34-24-27-19(13-16-7-5-4-6-8-16)23(32)30(24)18-11-9-17(26)10-12-18/h4-14H,15H2,1-3H3,(H,28,31). The summed E-state index contributed by atoms with van der Waals surface area (Å²) in [4.78, 5) is 31.5. The number of aromatic nitrogens is 1. The summed E-state index contributed by atoms with van der Waals surface area (Å²) in [6.07, 6.45) is 1.68. The Bertz CT molecular complexity index is 1260. The summed E-state index contributed by atoms with van der Waals surface area (Å²) in [5.41, 5.74) is 2.01. The van der Waals surface area contributed by atoms with Crippen molar-refractivity contribution in [2.24, 2.45) is 4.99 Å². The highest BCUT2D eigenvalue weighted by molar-refractivity contribution is 8.14. The van der Waals surface area contributed by atoms with Crippen molar-refractivity contribution in [3.05, 3.63) is 83.4 Å². The summed E-state index contributed by atoms with van der Waals surface area (Å²) in [5.74, 6) is -0.879. The lowest BCUT2D eigenvalue weighted by molar-refractivity contribution is -0.114. The first kappa shape index (κ1) is 23.4. The average Bonchev–Trinajstić information content (AvgIpc) is 3.39. The number of carbonyl (C=O) groups is 2. The molecule has 1 N–H and O–H groups in total. The van der Waals surface area contributed by atoms with Crippen molar-refractivity contribution < 1.29 is 18.5 Å². The van der Waals surface area contributed by atoms with E-state index in [-0.39, 0.29) is 34.6 Å². The number of carbonyl (C=O) groups excluding carboxylic acids is 2. The fourth-order valence-electron chi connectivity index (χ4n) is 3.11. The normalized spacial score (nSPS) is 15.1. The molecule has 2 amide bonds. The number of thioether (sulfide) groups is 1. The third-order valence-corrected chi connectivity index (χ3v) is 5.83. The first-order valence-electron chi connectivity index (χ1n) is 10.6. The van der Waals surface area contributed by atoms with E-state index in [1.165, 1.54) is 29.2 Å². The monoisotopic (exact) mass is 478 g/mol. The van der Waals surface area contributed by atoms with Crippen LogP contribution < -0.4 is 10.2 Å². The number of amidine groups is 1. The van der Waals surface area contributed by atoms with Crippen molar-refractivity contribution in [2.75, 3.05) is 16.0 Å². The van der Waals surface area contributed by atoms with E-state index in [9.17, 15) is 14.0 Å². The van der Waals surface area contributed by atoms with Gasteiger partial charge in [-0.1, -0.05) is 68.0 Å². The zero-order chi connectivity index (χ0) is 24.3. The highest BCUT2D eigenvalue weighted by Gasteiger charge is 2.32. The molecule has 1 aliphatic rings. The third-order valence-electron chi connectivity index (χ3n) is 4.89. The van der Waals surface area contributed by atoms with Gasteiger partial charge in [0.15, 0.2) is 5.17 Å². The summed E-state index contributed by atoms with van der Waals surface area (Å²) in [5, 5.41) is 6.98. The second-order valence-electron chi connectivity index (χ2n) is 8.61. The van der Waals surface area contributed by atoms with Crippen LogP contribution in [0.3, 0.4) is 0 Å². The van der Waals surface area contributed by atoms with Crippen molar-refractivity contribution >= 4 is 46.4 Å². The molecule has 0 bridgehead atoms. The van der Waals surface area contributed by atoms with Gasteiger partial charge in [-0.05, 0) is 35.9 Å². The molecule has 1 aliphatic heterocycles. The Labute approximate surface area is 200 Å². The van der Waals surface area contributed by atoms with Crippen LogP contribution in [0.5, 0.6) is 0 Å². The Hall–Kier alpha value is -3.72. The van der Waals surface area contributed by atoms with Crippen LogP contribution in [0.2, 0.25) is 0 Å². The molecule has 174 valence electrons. The van der Waals surface area contributed by atoms with Gasteiger partial charge in [0.2, 0.25) is 11.8 Å². The van der Waals surface area contributed by atoms with Crippen LogP contribution in [0.15, 0.2) is 75.9 Å². The number of nitrogens with one attached hydrogen (secondary N) is 1. The second kappa shape index (κ2) is 9.64. The van der Waals surface area contributed by atoms with E-state index >= 15 is 0 Å². The van der Waals surface area contributed by atoms with Crippen molar-refractivity contribution in [1.29, 1.82) is 0 Å². The molecule has 0 saturated heterocycles. The molecular formula is C25H23FN4O3S. The van der Waals surface area contributed by atoms with E-state index in [4.69, 9.17) is 4.52 Å². The minimum Gasteiger partial charge on any atom is -0.338 e. The number of hydrogen-bond acceptors (Lipinski definition) is 6. The van der Waals surface area contributed by atoms with E-state index in [0.29, 0.717) is 10.9 Å². The molecule has 0 fully saturated rings. The third kappa shape index (κ3) is 5.43. The van der Waals surface area contributed by atoms with Crippen LogP contribution in [0.1, 0.15) is 32.0 Å². The molecule has 34 heavy (non-hydrogen) atoms. The van der Waals surface area contributed by atoms with Gasteiger partial charge in [0.1, 0.15) is 11.5 Å². The minimum absolute atomic E-state index is 0.0199. The second-order valence-corrected chi connectivity index (χ2v) is 9.56. The van der Waals surface area contributed by atoms with E-state index < -0.39 is 5.82 Å². The molecule has 0 atom stereocenters. The van der Waals surface area contributed by atoms with E-state index in [1.54, 1.807) is 12.1 Å². The Morgan fingerprint density at radius 3 is 2.50 bits per heavy atom. The number of aliphatic imine (C=N–C) groups is 1. The molecular weight excluding hydrogens is 455 g/mol. The summed E-state index contributed by atoms with van der Waals surface area (Å²) >= 11 is 1.10. The number of amides is 2. The molecule has 0 radical (unpaired) electrons. The van der Waals surface area contributed by atoms with Gasteiger partial charge in [0.25, 0.3) is 5.91 Å². The topological polar surface area (TPSA) is 87.8 Å². The molecule has 0 aliphatic carbocycles. The van der Waals surface area contributed by atoms with E-state index in [0.717, 1.165) is 23.0 Å². The van der Waals surface area contributed by atoms with Crippen LogP contribution in [-0.4, -0.2) is 27.9 Å². The SMILES string of the molecule is CC(C)(C)c1cc(NC(=O)CSC2=NC(=Cc3ccccc3)C(=O)N2c2ccc(F)cc2)on1. The Morgan fingerprint density at radius 1 is 1.15 bits per heavy atom. The van der Waals surface area contributed by atoms with Crippen LogP contribution in [0.25, 0.3) is 6.08 Å². The molecule has 4 rings (SSSR count). The van der Waals surface area contributed by atoms with Crippen LogP contribution in [-0.2, 0) is 15.0 Å². The fourth-order valence-corrected chi connectivity index (χ4v) is 3.92. The van der Waals surface area contributed by atoms with Gasteiger partial charge < -0.3 is 4.52 Å². The number of nitrogens with zero attached hydrogens (tertiary/aromatic N) is 3. The van der Waals surface area contributed by atoms with Gasteiger partial charge in [0, 0.05) is 11.5 Å². The Morgan fingerprint density at radius 2 is 1.85 bits per heavy atom. The molecule has 2 heterocycles. The fraction of sp³-hybridized carbons (Fsp3) is 0.200. The number of rotatable bonds is 5. The first-order valence-corrected chi connectivity index (χ1v) is 11.5. The first-order chi connectivity index (χ1) is 16.2. The van der Waals surface area contributed by atoms with E-state index in [2.05, 4.69) is 15.5 Å². The quantitative estimate of drug-likeness (QED) is 0.508. The smallest absolute Gasteiger partial charge is 0.283 e. The van der Waals surface area contributed by atoms with Gasteiger partial charge in [0.05, 0.1) is 17.1 Å². The Kier molecular flexibility index (Phi) is 6.65. The summed E-state index contributed by atoms with van der Waals surface area (Å²) in [6.45, 7) is 5.98. The van der Waals surface area contributed by atoms with Gasteiger partial charge in [-0.15, -0.1) is 0 Å². The lowest BCUT2D eigenvalue weighted by atomic mass is 9.92. The van der Waals surface area contributed by atoms with Crippen molar-refractivity contribution in [1.82, 2.24) is 5.16 Å². The van der Waals surface area contributed by atoms with Gasteiger partial charge in [-0.2, -0.15) is 0 Å². The lowest BCUT2D eigenvalue weighted by Gasteiger charge is -2.17. The van der Waals surface area contributed by atoms with Crippen molar-refractivity contribution in [3.63, 3.8) is 0 Å². The molecule has 9 heteroatoms. The lowest BCUT2D eigenvalue weighted by Crippen LogP contribution is -2.31. The maximum absolute atomic E-state index is 13.5. The van der Waals surface area contributed by atoms with Gasteiger partial charge >= 0.3 is 0 Å². The minimum atomic E-state index is -0.414. The summed E-state index contributed by atoms with van der Waals surface area (Å²) in [6, 6.07) is 16.6. The zero-order valence-electron chi connectivity index (χ0n) is 18.9. The van der Waals surface area contributed by atoms with Crippen LogP contribution >= 0.6 is 11.8 Å². The maximum Gasteiger partial charge on any atom is 0.283 e. The molecule has 3 aromatic rings. The number of anilines is 2. The highest BCUT2D eigenvalue weighted by atomic mass is 32.2. The molecule has 0 unspecified atom stereocenters.